The number of piperidine rings is 1. The molecule has 98 valence electrons. The van der Waals surface area contributed by atoms with Crippen molar-refractivity contribution in [1.29, 1.82) is 0 Å². The number of hydrogen-bond acceptors (Lipinski definition) is 1. The van der Waals surface area contributed by atoms with Gasteiger partial charge in [-0.3, -0.25) is 0 Å². The normalized spacial score (nSPS) is 28.3. The van der Waals surface area contributed by atoms with Crippen LogP contribution in [-0.2, 0) is 0 Å². The van der Waals surface area contributed by atoms with Crippen molar-refractivity contribution in [3.8, 4) is 0 Å². The zero-order valence-corrected chi connectivity index (χ0v) is 11.8. The Kier molecular flexibility index (Phi) is 3.35. The summed E-state index contributed by atoms with van der Waals surface area (Å²) in [6.45, 7) is 8.25. The molecule has 2 nitrogen and oxygen atoms in total. The van der Waals surface area contributed by atoms with E-state index in [1.165, 1.54) is 11.1 Å². The minimum atomic E-state index is -0.336. The Morgan fingerprint density at radius 2 is 1.72 bits per heavy atom. The first-order valence-corrected chi connectivity index (χ1v) is 6.65. The molecule has 1 aromatic rings. The third-order valence-electron chi connectivity index (χ3n) is 4.14. The lowest BCUT2D eigenvalue weighted by atomic mass is 9.77. The van der Waals surface area contributed by atoms with Crippen LogP contribution in [0.15, 0.2) is 35.9 Å². The van der Waals surface area contributed by atoms with Gasteiger partial charge in [0.2, 0.25) is 0 Å². The minimum absolute atomic E-state index is 0.183. The zero-order chi connectivity index (χ0) is 13.4. The molecule has 2 heteroatoms. The van der Waals surface area contributed by atoms with Gasteiger partial charge in [-0.25, -0.2) is 0 Å². The second-order valence-corrected chi connectivity index (χ2v) is 6.42. The van der Waals surface area contributed by atoms with Crippen molar-refractivity contribution in [2.24, 2.45) is 0 Å². The molecular weight excluding hydrogens is 222 g/mol. The molecule has 0 bridgehead atoms. The SMILES string of the molecule is CC1(C)CCC(=Cc2ccccc2)C(C)(C)[NH+]1[O-]. The van der Waals surface area contributed by atoms with E-state index in [-0.39, 0.29) is 11.1 Å². The second-order valence-electron chi connectivity index (χ2n) is 6.42. The average molecular weight is 245 g/mol. The van der Waals surface area contributed by atoms with Crippen LogP contribution in [-0.4, -0.2) is 11.1 Å². The average Bonchev–Trinajstić information content (AvgIpc) is 2.33. The maximum Gasteiger partial charge on any atom is 0.114 e. The smallest absolute Gasteiger partial charge is 0.114 e. The largest absolute Gasteiger partial charge is 0.633 e. The van der Waals surface area contributed by atoms with Gasteiger partial charge >= 0.3 is 0 Å². The summed E-state index contributed by atoms with van der Waals surface area (Å²) in [4.78, 5) is 0. The fraction of sp³-hybridized carbons (Fsp3) is 0.500. The van der Waals surface area contributed by atoms with E-state index in [4.69, 9.17) is 0 Å². The maximum absolute atomic E-state index is 12.5. The second kappa shape index (κ2) is 4.52. The maximum atomic E-state index is 12.5. The summed E-state index contributed by atoms with van der Waals surface area (Å²) >= 11 is 0. The summed E-state index contributed by atoms with van der Waals surface area (Å²) in [6.07, 6.45) is 4.15. The number of rotatable bonds is 1. The highest BCUT2D eigenvalue weighted by atomic mass is 16.5. The molecule has 1 heterocycles. The van der Waals surface area contributed by atoms with E-state index >= 15 is 0 Å². The van der Waals surface area contributed by atoms with Crippen molar-refractivity contribution >= 4 is 6.08 Å². The summed E-state index contributed by atoms with van der Waals surface area (Å²) in [5.41, 5.74) is 1.93. The lowest BCUT2D eigenvalue weighted by Gasteiger charge is -2.53. The lowest BCUT2D eigenvalue weighted by molar-refractivity contribution is -0.947. The van der Waals surface area contributed by atoms with Gasteiger partial charge in [0.15, 0.2) is 0 Å². The summed E-state index contributed by atoms with van der Waals surface area (Å²) in [5, 5.41) is 12.9. The van der Waals surface area contributed by atoms with Crippen LogP contribution in [0.3, 0.4) is 0 Å². The molecule has 18 heavy (non-hydrogen) atoms. The molecule has 1 aromatic carbocycles. The first-order chi connectivity index (χ1) is 8.34. The van der Waals surface area contributed by atoms with Crippen molar-refractivity contribution in [3.63, 3.8) is 0 Å². The van der Waals surface area contributed by atoms with Crippen molar-refractivity contribution < 1.29 is 5.06 Å². The van der Waals surface area contributed by atoms with Gasteiger partial charge in [0.25, 0.3) is 0 Å². The predicted molar refractivity (Wildman–Crippen MR) is 76.1 cm³/mol. The Hall–Kier alpha value is -1.12. The van der Waals surface area contributed by atoms with Crippen LogP contribution in [0.5, 0.6) is 0 Å². The van der Waals surface area contributed by atoms with Crippen LogP contribution < -0.4 is 5.06 Å². The number of benzene rings is 1. The van der Waals surface area contributed by atoms with Gasteiger partial charge in [-0.15, -0.1) is 0 Å². The molecule has 1 N–H and O–H groups in total. The molecular formula is C16H23NO. The van der Waals surface area contributed by atoms with E-state index in [9.17, 15) is 5.21 Å². The summed E-state index contributed by atoms with van der Waals surface area (Å²) in [6, 6.07) is 10.3. The van der Waals surface area contributed by atoms with E-state index in [1.807, 2.05) is 18.2 Å². The van der Waals surface area contributed by atoms with Crippen LogP contribution in [0.2, 0.25) is 0 Å². The Bertz CT molecular complexity index is 445. The summed E-state index contributed by atoms with van der Waals surface area (Å²) in [5.74, 6) is 0. The van der Waals surface area contributed by atoms with Gasteiger partial charge in [0, 0.05) is 6.42 Å². The predicted octanol–water partition coefficient (Wildman–Crippen LogP) is 2.80. The monoisotopic (exact) mass is 245 g/mol. The van der Waals surface area contributed by atoms with Crippen molar-refractivity contribution in [1.82, 2.24) is 0 Å². The number of hydroxylamine groups is 2. The van der Waals surface area contributed by atoms with Crippen molar-refractivity contribution in [2.75, 3.05) is 0 Å². The standard InChI is InChI=1S/C16H23NO/c1-15(2)11-10-14(16(3,4)17(15)18)12-13-8-6-5-7-9-13/h5-9,12,17H,10-11H2,1-4H3. The Morgan fingerprint density at radius 3 is 2.33 bits per heavy atom. The van der Waals surface area contributed by atoms with Crippen LogP contribution in [0.4, 0.5) is 0 Å². The van der Waals surface area contributed by atoms with Crippen molar-refractivity contribution in [3.05, 3.63) is 46.7 Å². The fourth-order valence-corrected chi connectivity index (χ4v) is 2.87. The zero-order valence-electron chi connectivity index (χ0n) is 11.8. The quantitative estimate of drug-likeness (QED) is 0.757. The van der Waals surface area contributed by atoms with Gasteiger partial charge in [0.1, 0.15) is 5.54 Å². The summed E-state index contributed by atoms with van der Waals surface area (Å²) in [7, 11) is 0. The Balaban J connectivity index is 2.33. The van der Waals surface area contributed by atoms with Gasteiger partial charge in [-0.1, -0.05) is 30.3 Å². The Morgan fingerprint density at radius 1 is 1.11 bits per heavy atom. The molecule has 1 fully saturated rings. The molecule has 1 saturated heterocycles. The van der Waals surface area contributed by atoms with Gasteiger partial charge in [-0.2, -0.15) is 0 Å². The highest BCUT2D eigenvalue weighted by Crippen LogP contribution is 2.29. The van der Waals surface area contributed by atoms with Gasteiger partial charge in [-0.05, 0) is 51.3 Å². The van der Waals surface area contributed by atoms with E-state index in [1.54, 1.807) is 0 Å². The molecule has 1 aliphatic heterocycles. The molecule has 0 saturated carbocycles. The van der Waals surface area contributed by atoms with E-state index in [0.29, 0.717) is 5.06 Å². The molecule has 0 aliphatic carbocycles. The van der Waals surface area contributed by atoms with Gasteiger partial charge in [0.05, 0.1) is 5.54 Å². The fourth-order valence-electron chi connectivity index (χ4n) is 2.87. The number of hydrogen-bond donors (Lipinski definition) is 1. The third kappa shape index (κ3) is 2.36. The van der Waals surface area contributed by atoms with Crippen LogP contribution in [0, 0.1) is 5.21 Å². The topological polar surface area (TPSA) is 27.5 Å². The molecule has 1 aliphatic rings. The van der Waals surface area contributed by atoms with Crippen LogP contribution in [0.1, 0.15) is 46.1 Å². The molecule has 0 radical (unpaired) electrons. The van der Waals surface area contributed by atoms with Crippen molar-refractivity contribution in [2.45, 2.75) is 51.6 Å². The van der Waals surface area contributed by atoms with Gasteiger partial charge < -0.3 is 10.3 Å². The molecule has 0 amide bonds. The Labute approximate surface area is 110 Å². The first-order valence-electron chi connectivity index (χ1n) is 6.65. The van der Waals surface area contributed by atoms with E-state index in [2.05, 4.69) is 45.9 Å². The highest BCUT2D eigenvalue weighted by Gasteiger charge is 2.43. The molecule has 0 aromatic heterocycles. The highest BCUT2D eigenvalue weighted by molar-refractivity contribution is 5.54. The van der Waals surface area contributed by atoms with Crippen LogP contribution >= 0.6 is 0 Å². The minimum Gasteiger partial charge on any atom is -0.633 e. The molecule has 0 spiro atoms. The van der Waals surface area contributed by atoms with E-state index in [0.717, 1.165) is 12.8 Å². The first kappa shape index (κ1) is 13.3. The number of quaternary nitrogens is 1. The number of nitrogens with one attached hydrogen (secondary N) is 1. The lowest BCUT2D eigenvalue weighted by Crippen LogP contribution is -3.23. The molecule has 1 unspecified atom stereocenters. The molecule has 1 atom stereocenters. The van der Waals surface area contributed by atoms with Crippen LogP contribution in [0.25, 0.3) is 6.08 Å². The molecule has 2 rings (SSSR count). The summed E-state index contributed by atoms with van der Waals surface area (Å²) < 4.78 is 0. The van der Waals surface area contributed by atoms with E-state index < -0.39 is 0 Å². The third-order valence-corrected chi connectivity index (χ3v) is 4.14.